The first kappa shape index (κ1) is 16.1. The van der Waals surface area contributed by atoms with Crippen LogP contribution in [0, 0.1) is 0 Å². The van der Waals surface area contributed by atoms with E-state index in [2.05, 4.69) is 9.97 Å². The topological polar surface area (TPSA) is 47.5 Å². The van der Waals surface area contributed by atoms with Gasteiger partial charge in [0.15, 0.2) is 3.79 Å². The third-order valence-electron chi connectivity index (χ3n) is 3.16. The number of halogens is 4. The van der Waals surface area contributed by atoms with Crippen molar-refractivity contribution < 1.29 is 9.47 Å². The molecule has 1 aromatic heterocycles. The molecule has 2 heterocycles. The Morgan fingerprint density at radius 2 is 2.05 bits per heavy atom. The van der Waals surface area contributed by atoms with Crippen LogP contribution in [0.25, 0.3) is 0 Å². The average molecular weight is 380 g/mol. The number of hydrogen-bond acceptors (Lipinski definition) is 4. The Bertz CT molecular complexity index is 687. The molecule has 1 aliphatic rings. The number of hydrogen-bond donors (Lipinski definition) is 0. The van der Waals surface area contributed by atoms with Crippen molar-refractivity contribution in [2.45, 2.75) is 15.8 Å². The Kier molecular flexibility index (Phi) is 4.40. The van der Waals surface area contributed by atoms with Crippen molar-refractivity contribution in [1.29, 1.82) is 0 Å². The molecule has 3 rings (SSSR count). The number of ether oxygens (including phenoxy) is 2. The highest BCUT2D eigenvalue weighted by atomic mass is 35.6. The number of nitrogens with zero attached hydrogens (tertiary/aromatic N) is 2. The number of alkyl halides is 3. The van der Waals surface area contributed by atoms with Gasteiger partial charge in [-0.2, -0.15) is 4.98 Å². The predicted octanol–water partition coefficient (Wildman–Crippen LogP) is 4.91. The molecule has 1 aliphatic heterocycles. The van der Waals surface area contributed by atoms with E-state index in [0.29, 0.717) is 18.2 Å². The van der Waals surface area contributed by atoms with Gasteiger partial charge in [0, 0.05) is 18.7 Å². The molecule has 4 nitrogen and oxygen atoms in total. The van der Waals surface area contributed by atoms with Gasteiger partial charge in [-0.3, -0.25) is 0 Å². The van der Waals surface area contributed by atoms with E-state index in [4.69, 9.17) is 55.9 Å². The molecule has 0 amide bonds. The summed E-state index contributed by atoms with van der Waals surface area (Å²) < 4.78 is 9.81. The number of epoxide rings is 1. The van der Waals surface area contributed by atoms with Crippen LogP contribution in [-0.4, -0.2) is 20.4 Å². The summed E-state index contributed by atoms with van der Waals surface area (Å²) in [7, 11) is 0. The SMILES string of the molecule is Clc1nccc(Oc2cccc(C3(CC(Cl)(Cl)Cl)CO3)c2)n1. The summed E-state index contributed by atoms with van der Waals surface area (Å²) in [6.45, 7) is 0.504. The summed E-state index contributed by atoms with van der Waals surface area (Å²) in [4.78, 5) is 7.77. The van der Waals surface area contributed by atoms with Crippen molar-refractivity contribution in [3.05, 3.63) is 47.4 Å². The maximum atomic E-state index is 5.88. The fraction of sp³-hybridized carbons (Fsp3) is 0.286. The smallest absolute Gasteiger partial charge is 0.225 e. The van der Waals surface area contributed by atoms with Crippen LogP contribution < -0.4 is 4.74 Å². The molecular weight excluding hydrogens is 370 g/mol. The molecule has 0 spiro atoms. The molecule has 1 fully saturated rings. The van der Waals surface area contributed by atoms with Gasteiger partial charge in [-0.1, -0.05) is 46.9 Å². The van der Waals surface area contributed by atoms with Crippen LogP contribution in [-0.2, 0) is 10.3 Å². The fourth-order valence-corrected chi connectivity index (χ4v) is 2.91. The molecular formula is C14H10Cl4N2O2. The zero-order chi connectivity index (χ0) is 15.8. The lowest BCUT2D eigenvalue weighted by Gasteiger charge is -2.18. The van der Waals surface area contributed by atoms with Crippen molar-refractivity contribution >= 4 is 46.4 Å². The molecule has 1 unspecified atom stereocenters. The highest BCUT2D eigenvalue weighted by molar-refractivity contribution is 6.67. The van der Waals surface area contributed by atoms with Gasteiger partial charge in [0.25, 0.3) is 0 Å². The van der Waals surface area contributed by atoms with Crippen molar-refractivity contribution in [3.63, 3.8) is 0 Å². The van der Waals surface area contributed by atoms with Crippen LogP contribution in [0.4, 0.5) is 0 Å². The van der Waals surface area contributed by atoms with Gasteiger partial charge in [0.1, 0.15) is 11.4 Å². The van der Waals surface area contributed by atoms with E-state index >= 15 is 0 Å². The summed E-state index contributed by atoms with van der Waals surface area (Å²) >= 11 is 23.4. The molecule has 1 aromatic carbocycles. The molecule has 22 heavy (non-hydrogen) atoms. The molecule has 8 heteroatoms. The van der Waals surface area contributed by atoms with Crippen LogP contribution in [0.5, 0.6) is 11.6 Å². The van der Waals surface area contributed by atoms with Gasteiger partial charge in [-0.05, 0) is 29.3 Å². The van der Waals surface area contributed by atoms with Crippen LogP contribution in [0.3, 0.4) is 0 Å². The Hall–Kier alpha value is -0.780. The number of rotatable bonds is 4. The van der Waals surface area contributed by atoms with Gasteiger partial charge in [-0.15, -0.1) is 0 Å². The average Bonchev–Trinajstić information content (AvgIpc) is 3.18. The lowest BCUT2D eigenvalue weighted by atomic mass is 9.97. The second-order valence-electron chi connectivity index (χ2n) is 4.87. The Balaban J connectivity index is 1.81. The number of aromatic nitrogens is 2. The minimum Gasteiger partial charge on any atom is -0.439 e. The van der Waals surface area contributed by atoms with E-state index in [-0.39, 0.29) is 11.7 Å². The third-order valence-corrected chi connectivity index (χ3v) is 3.74. The standard InChI is InChI=1S/C14H10Cl4N2O2/c15-12-19-5-4-11(20-12)22-10-3-1-2-9(6-10)13(8-21-13)7-14(16,17)18/h1-6H,7-8H2. The number of benzene rings is 1. The van der Waals surface area contributed by atoms with E-state index in [1.165, 1.54) is 6.20 Å². The summed E-state index contributed by atoms with van der Waals surface area (Å²) in [6, 6.07) is 8.99. The molecule has 0 aliphatic carbocycles. The minimum absolute atomic E-state index is 0.117. The van der Waals surface area contributed by atoms with E-state index in [1.54, 1.807) is 12.1 Å². The Morgan fingerprint density at radius 1 is 1.27 bits per heavy atom. The first-order valence-electron chi connectivity index (χ1n) is 6.34. The van der Waals surface area contributed by atoms with E-state index in [0.717, 1.165) is 5.56 Å². The van der Waals surface area contributed by atoms with Crippen LogP contribution >= 0.6 is 46.4 Å². The lowest BCUT2D eigenvalue weighted by Crippen LogP contribution is -2.18. The van der Waals surface area contributed by atoms with Crippen LogP contribution in [0.2, 0.25) is 5.28 Å². The summed E-state index contributed by atoms with van der Waals surface area (Å²) in [5.74, 6) is 0.941. The minimum atomic E-state index is -1.38. The third kappa shape index (κ3) is 3.94. The van der Waals surface area contributed by atoms with Crippen LogP contribution in [0.1, 0.15) is 12.0 Å². The molecule has 0 saturated carbocycles. The predicted molar refractivity (Wildman–Crippen MR) is 86.1 cm³/mol. The highest BCUT2D eigenvalue weighted by Crippen LogP contribution is 2.50. The Labute approximate surface area is 147 Å². The molecule has 0 radical (unpaired) electrons. The van der Waals surface area contributed by atoms with Gasteiger partial charge >= 0.3 is 0 Å². The first-order chi connectivity index (χ1) is 10.4. The quantitative estimate of drug-likeness (QED) is 0.430. The lowest BCUT2D eigenvalue weighted by molar-refractivity contribution is 0.294. The van der Waals surface area contributed by atoms with Gasteiger partial charge in [-0.25, -0.2) is 4.98 Å². The summed E-state index contributed by atoms with van der Waals surface area (Å²) in [6.07, 6.45) is 1.79. The van der Waals surface area contributed by atoms with E-state index in [1.807, 2.05) is 18.2 Å². The first-order valence-corrected chi connectivity index (χ1v) is 7.85. The van der Waals surface area contributed by atoms with Crippen molar-refractivity contribution in [3.8, 4) is 11.6 Å². The monoisotopic (exact) mass is 378 g/mol. The van der Waals surface area contributed by atoms with Crippen LogP contribution in [0.15, 0.2) is 36.5 Å². The molecule has 0 bridgehead atoms. The molecule has 1 saturated heterocycles. The molecule has 116 valence electrons. The normalized spacial score (nSPS) is 20.7. The van der Waals surface area contributed by atoms with Gasteiger partial charge < -0.3 is 9.47 Å². The van der Waals surface area contributed by atoms with Crippen molar-refractivity contribution in [1.82, 2.24) is 9.97 Å². The van der Waals surface area contributed by atoms with Gasteiger partial charge in [0.2, 0.25) is 11.2 Å². The van der Waals surface area contributed by atoms with Crippen molar-refractivity contribution in [2.75, 3.05) is 6.61 Å². The summed E-state index contributed by atoms with van der Waals surface area (Å²) in [5, 5.41) is 0.117. The Morgan fingerprint density at radius 3 is 2.68 bits per heavy atom. The molecule has 2 aromatic rings. The van der Waals surface area contributed by atoms with E-state index < -0.39 is 9.39 Å². The maximum Gasteiger partial charge on any atom is 0.225 e. The van der Waals surface area contributed by atoms with Gasteiger partial charge in [0.05, 0.1) is 6.61 Å². The molecule has 0 N–H and O–H groups in total. The maximum absolute atomic E-state index is 5.88. The second-order valence-corrected chi connectivity index (χ2v) is 7.72. The van der Waals surface area contributed by atoms with Crippen molar-refractivity contribution in [2.24, 2.45) is 0 Å². The highest BCUT2D eigenvalue weighted by Gasteiger charge is 2.51. The largest absolute Gasteiger partial charge is 0.439 e. The summed E-state index contributed by atoms with van der Waals surface area (Å²) in [5.41, 5.74) is 0.310. The molecule has 1 atom stereocenters. The zero-order valence-electron chi connectivity index (χ0n) is 11.1. The second kappa shape index (κ2) is 6.02. The fourth-order valence-electron chi connectivity index (χ4n) is 2.12. The zero-order valence-corrected chi connectivity index (χ0v) is 14.1. The van der Waals surface area contributed by atoms with E-state index in [9.17, 15) is 0 Å².